The normalized spacial score (nSPS) is 10.1. The van der Waals surface area contributed by atoms with E-state index in [9.17, 15) is 0 Å². The van der Waals surface area contributed by atoms with E-state index in [0.717, 1.165) is 12.2 Å². The van der Waals surface area contributed by atoms with Crippen LogP contribution in [0.15, 0.2) is 36.7 Å². The fraction of sp³-hybridized carbons (Fsp3) is 0.167. The lowest BCUT2D eigenvalue weighted by atomic mass is 10.2. The number of nitrogens with zero attached hydrogens (tertiary/aromatic N) is 2. The molecule has 1 aromatic heterocycles. The van der Waals surface area contributed by atoms with Crippen molar-refractivity contribution in [3.8, 4) is 11.6 Å². The van der Waals surface area contributed by atoms with E-state index in [-0.39, 0.29) is 0 Å². The van der Waals surface area contributed by atoms with Gasteiger partial charge in [0.05, 0.1) is 12.4 Å². The summed E-state index contributed by atoms with van der Waals surface area (Å²) in [7, 11) is 0. The third kappa shape index (κ3) is 2.48. The van der Waals surface area contributed by atoms with Gasteiger partial charge in [-0.3, -0.25) is 0 Å². The van der Waals surface area contributed by atoms with Crippen molar-refractivity contribution >= 4 is 5.82 Å². The first-order valence-corrected chi connectivity index (χ1v) is 5.12. The number of anilines is 1. The van der Waals surface area contributed by atoms with Crippen LogP contribution in [0.3, 0.4) is 0 Å². The van der Waals surface area contributed by atoms with Gasteiger partial charge in [-0.1, -0.05) is 19.1 Å². The van der Waals surface area contributed by atoms with E-state index in [1.807, 2.05) is 24.3 Å². The van der Waals surface area contributed by atoms with E-state index >= 15 is 0 Å². The maximum atomic E-state index is 5.50. The third-order valence-corrected chi connectivity index (χ3v) is 2.20. The van der Waals surface area contributed by atoms with Gasteiger partial charge in [-0.05, 0) is 24.1 Å². The van der Waals surface area contributed by atoms with Crippen LogP contribution in [0.4, 0.5) is 5.82 Å². The number of hydrogen-bond donors (Lipinski definition) is 1. The van der Waals surface area contributed by atoms with Gasteiger partial charge in [0.25, 0.3) is 0 Å². The molecular formula is C12H13N3O. The van der Waals surface area contributed by atoms with Gasteiger partial charge in [-0.2, -0.15) is 0 Å². The zero-order valence-corrected chi connectivity index (χ0v) is 9.05. The van der Waals surface area contributed by atoms with Gasteiger partial charge in [0.15, 0.2) is 0 Å². The predicted molar refractivity (Wildman–Crippen MR) is 62.3 cm³/mol. The predicted octanol–water partition coefficient (Wildman–Crippen LogP) is 2.41. The molecule has 0 saturated carbocycles. The second kappa shape index (κ2) is 4.61. The minimum Gasteiger partial charge on any atom is -0.438 e. The number of rotatable bonds is 3. The molecule has 0 spiro atoms. The Morgan fingerprint density at radius 3 is 2.44 bits per heavy atom. The molecule has 2 aromatic rings. The van der Waals surface area contributed by atoms with E-state index in [4.69, 9.17) is 10.5 Å². The van der Waals surface area contributed by atoms with Crippen molar-refractivity contribution in [2.75, 3.05) is 5.73 Å². The lowest BCUT2D eigenvalue weighted by molar-refractivity contribution is 0.460. The van der Waals surface area contributed by atoms with Gasteiger partial charge < -0.3 is 10.5 Å². The van der Waals surface area contributed by atoms with E-state index in [0.29, 0.717) is 11.7 Å². The summed E-state index contributed by atoms with van der Waals surface area (Å²) >= 11 is 0. The fourth-order valence-electron chi connectivity index (χ4n) is 1.29. The maximum absolute atomic E-state index is 5.50. The van der Waals surface area contributed by atoms with Crippen LogP contribution < -0.4 is 10.5 Å². The van der Waals surface area contributed by atoms with Crippen LogP contribution in [0.1, 0.15) is 12.5 Å². The van der Waals surface area contributed by atoms with Gasteiger partial charge in [-0.15, -0.1) is 0 Å². The van der Waals surface area contributed by atoms with Gasteiger partial charge in [0.1, 0.15) is 11.6 Å². The molecular weight excluding hydrogens is 202 g/mol. The fourth-order valence-corrected chi connectivity index (χ4v) is 1.29. The number of benzene rings is 1. The van der Waals surface area contributed by atoms with Crippen molar-refractivity contribution < 1.29 is 4.74 Å². The molecule has 0 fully saturated rings. The molecule has 4 heteroatoms. The molecule has 0 amide bonds. The molecule has 0 bridgehead atoms. The number of ether oxygens (including phenoxy) is 1. The molecule has 0 radical (unpaired) electrons. The number of nitrogen functional groups attached to an aromatic ring is 1. The van der Waals surface area contributed by atoms with E-state index in [1.165, 1.54) is 18.0 Å². The number of aryl methyl sites for hydroxylation is 1. The molecule has 1 aromatic carbocycles. The highest BCUT2D eigenvalue weighted by atomic mass is 16.5. The van der Waals surface area contributed by atoms with Crippen molar-refractivity contribution in [3.05, 3.63) is 42.2 Å². The summed E-state index contributed by atoms with van der Waals surface area (Å²) in [6, 6.07) is 7.88. The largest absolute Gasteiger partial charge is 0.438 e. The van der Waals surface area contributed by atoms with Crippen LogP contribution in [-0.4, -0.2) is 9.97 Å². The summed E-state index contributed by atoms with van der Waals surface area (Å²) < 4.78 is 5.50. The molecule has 82 valence electrons. The van der Waals surface area contributed by atoms with Crippen LogP contribution in [0.25, 0.3) is 0 Å². The monoisotopic (exact) mass is 215 g/mol. The van der Waals surface area contributed by atoms with Crippen molar-refractivity contribution in [2.24, 2.45) is 0 Å². The average molecular weight is 215 g/mol. The first-order chi connectivity index (χ1) is 7.78. The second-order valence-electron chi connectivity index (χ2n) is 3.38. The molecule has 0 aliphatic heterocycles. The lowest BCUT2D eigenvalue weighted by Gasteiger charge is -2.04. The quantitative estimate of drug-likeness (QED) is 0.854. The Morgan fingerprint density at radius 1 is 1.12 bits per heavy atom. The topological polar surface area (TPSA) is 61.0 Å². The maximum Gasteiger partial charge on any atom is 0.237 e. The summed E-state index contributed by atoms with van der Waals surface area (Å²) in [5.74, 6) is 1.57. The average Bonchev–Trinajstić information content (AvgIpc) is 2.33. The van der Waals surface area contributed by atoms with Crippen LogP contribution >= 0.6 is 0 Å². The van der Waals surface area contributed by atoms with Gasteiger partial charge in [-0.25, -0.2) is 9.97 Å². The van der Waals surface area contributed by atoms with Crippen molar-refractivity contribution in [1.29, 1.82) is 0 Å². The van der Waals surface area contributed by atoms with Crippen LogP contribution in [-0.2, 0) is 6.42 Å². The Labute approximate surface area is 94.1 Å². The highest BCUT2D eigenvalue weighted by molar-refractivity contribution is 5.31. The molecule has 4 nitrogen and oxygen atoms in total. The summed E-state index contributed by atoms with van der Waals surface area (Å²) in [4.78, 5) is 7.91. The number of aromatic nitrogens is 2. The van der Waals surface area contributed by atoms with Crippen LogP contribution in [0, 0.1) is 0 Å². The first-order valence-electron chi connectivity index (χ1n) is 5.12. The Hall–Kier alpha value is -2.10. The molecule has 16 heavy (non-hydrogen) atoms. The zero-order chi connectivity index (χ0) is 11.4. The van der Waals surface area contributed by atoms with E-state index in [2.05, 4.69) is 16.9 Å². The first kappa shape index (κ1) is 10.4. The molecule has 0 unspecified atom stereocenters. The molecule has 0 saturated heterocycles. The minimum atomic E-state index is 0.383. The summed E-state index contributed by atoms with van der Waals surface area (Å²) in [6.07, 6.45) is 3.99. The second-order valence-corrected chi connectivity index (χ2v) is 3.38. The van der Waals surface area contributed by atoms with Gasteiger partial charge in [0, 0.05) is 0 Å². The Morgan fingerprint density at radius 2 is 1.88 bits per heavy atom. The summed E-state index contributed by atoms with van der Waals surface area (Å²) in [5, 5.41) is 0. The van der Waals surface area contributed by atoms with Gasteiger partial charge >= 0.3 is 0 Å². The Kier molecular flexibility index (Phi) is 3.00. The minimum absolute atomic E-state index is 0.383. The Balaban J connectivity index is 2.11. The summed E-state index contributed by atoms with van der Waals surface area (Å²) in [6.45, 7) is 2.11. The lowest BCUT2D eigenvalue weighted by Crippen LogP contribution is -1.93. The molecule has 0 atom stereocenters. The van der Waals surface area contributed by atoms with E-state index < -0.39 is 0 Å². The smallest absolute Gasteiger partial charge is 0.237 e. The van der Waals surface area contributed by atoms with E-state index in [1.54, 1.807) is 0 Å². The van der Waals surface area contributed by atoms with Crippen LogP contribution in [0.5, 0.6) is 11.6 Å². The SMILES string of the molecule is CCc1ccc(Oc2cnc(N)cn2)cc1. The molecule has 2 rings (SSSR count). The highest BCUT2D eigenvalue weighted by Crippen LogP contribution is 2.19. The number of hydrogen-bond acceptors (Lipinski definition) is 4. The van der Waals surface area contributed by atoms with Gasteiger partial charge in [0.2, 0.25) is 5.88 Å². The van der Waals surface area contributed by atoms with Crippen molar-refractivity contribution in [1.82, 2.24) is 9.97 Å². The summed E-state index contributed by atoms with van der Waals surface area (Å²) in [5.41, 5.74) is 6.70. The highest BCUT2D eigenvalue weighted by Gasteiger charge is 1.98. The van der Waals surface area contributed by atoms with Crippen molar-refractivity contribution in [2.45, 2.75) is 13.3 Å². The Bertz CT molecular complexity index is 451. The number of nitrogens with two attached hydrogens (primary N) is 1. The van der Waals surface area contributed by atoms with Crippen molar-refractivity contribution in [3.63, 3.8) is 0 Å². The molecule has 0 aliphatic carbocycles. The standard InChI is InChI=1S/C12H13N3O/c1-2-9-3-5-10(6-4-9)16-12-8-14-11(13)7-15-12/h3-8H,2H2,1H3,(H2,13,14). The third-order valence-electron chi connectivity index (χ3n) is 2.20. The molecule has 0 aliphatic rings. The molecule has 2 N–H and O–H groups in total. The molecule has 1 heterocycles. The van der Waals surface area contributed by atoms with Crippen LogP contribution in [0.2, 0.25) is 0 Å². The zero-order valence-electron chi connectivity index (χ0n) is 9.05.